The average molecular weight is 398 g/mol. The number of amides is 2. The van der Waals surface area contributed by atoms with Crippen LogP contribution in [0.5, 0.6) is 0 Å². The van der Waals surface area contributed by atoms with Crippen molar-refractivity contribution in [2.75, 3.05) is 16.0 Å². The summed E-state index contributed by atoms with van der Waals surface area (Å²) >= 11 is 1.24. The van der Waals surface area contributed by atoms with Crippen LogP contribution < -0.4 is 15.5 Å². The number of rotatable bonds is 5. The normalized spacial score (nSPS) is 16.4. The number of aryl methyl sites for hydroxylation is 3. The van der Waals surface area contributed by atoms with Gasteiger partial charge < -0.3 is 15.7 Å². The van der Waals surface area contributed by atoms with Gasteiger partial charge in [0.2, 0.25) is 5.91 Å². The Morgan fingerprint density at radius 3 is 2.43 bits per heavy atom. The number of thioether (sulfide) groups is 1. The van der Waals surface area contributed by atoms with Crippen LogP contribution in [-0.4, -0.2) is 28.2 Å². The van der Waals surface area contributed by atoms with Gasteiger partial charge in [0.15, 0.2) is 11.4 Å². The number of aliphatic hydroxyl groups is 1. The molecule has 0 saturated heterocycles. The summed E-state index contributed by atoms with van der Waals surface area (Å²) in [5.41, 5.74) is 3.91. The Hall–Kier alpha value is -2.93. The van der Waals surface area contributed by atoms with E-state index in [-0.39, 0.29) is 17.5 Å². The molecule has 1 aliphatic heterocycles. The number of hydrogen-bond donors (Lipinski definition) is 3. The van der Waals surface area contributed by atoms with Gasteiger partial charge in [0, 0.05) is 11.4 Å². The molecule has 7 heteroatoms. The lowest BCUT2D eigenvalue weighted by atomic mass is 10.1. The minimum atomic E-state index is -0.595. The minimum Gasteiger partial charge on any atom is -0.494 e. The number of anilines is 2. The number of nitrogens with one attached hydrogen (secondary N) is 2. The number of carbonyl (C=O) groups is 2. The molecule has 2 amide bonds. The quantitative estimate of drug-likeness (QED) is 0.718. The number of hydrogen-bond acceptors (Lipinski definition) is 5. The zero-order valence-electron chi connectivity index (χ0n) is 16.0. The van der Waals surface area contributed by atoms with E-state index in [9.17, 15) is 14.7 Å². The molecule has 0 saturated carbocycles. The smallest absolute Gasteiger partial charge is 0.251 e. The fourth-order valence-electron chi connectivity index (χ4n) is 3.08. The fraction of sp³-hybridized carbons (Fsp3) is 0.238. The van der Waals surface area contributed by atoms with Gasteiger partial charge >= 0.3 is 0 Å². The first-order valence-electron chi connectivity index (χ1n) is 8.90. The first-order valence-corrected chi connectivity index (χ1v) is 9.95. The summed E-state index contributed by atoms with van der Waals surface area (Å²) in [4.78, 5) is 26.0. The molecule has 1 aliphatic rings. The molecule has 2 aromatic carbocycles. The maximum absolute atomic E-state index is 12.5. The number of aliphatic hydroxyl groups excluding tert-OH is 1. The van der Waals surface area contributed by atoms with Crippen molar-refractivity contribution in [2.24, 2.45) is 0 Å². The van der Waals surface area contributed by atoms with Crippen molar-refractivity contribution >= 4 is 35.0 Å². The highest BCUT2D eigenvalue weighted by Crippen LogP contribution is 2.30. The van der Waals surface area contributed by atoms with E-state index in [2.05, 4.69) is 10.6 Å². The third-order valence-electron chi connectivity index (χ3n) is 4.50. The summed E-state index contributed by atoms with van der Waals surface area (Å²) in [5.74, 6) is -0.592. The minimum absolute atomic E-state index is 0.119. The number of benzene rings is 2. The van der Waals surface area contributed by atoms with Gasteiger partial charge in [-0.1, -0.05) is 36.4 Å². The molecule has 0 aromatic heterocycles. The van der Waals surface area contributed by atoms with E-state index in [0.717, 1.165) is 34.1 Å². The highest BCUT2D eigenvalue weighted by atomic mass is 32.2. The highest BCUT2D eigenvalue weighted by Gasteiger charge is 2.30. The Balaban J connectivity index is 1.74. The van der Waals surface area contributed by atoms with Crippen LogP contribution in [0.2, 0.25) is 0 Å². The lowest BCUT2D eigenvalue weighted by Crippen LogP contribution is -2.50. The summed E-state index contributed by atoms with van der Waals surface area (Å²) in [6.45, 7) is 5.81. The molecule has 3 N–H and O–H groups in total. The molecule has 0 aliphatic carbocycles. The number of carbonyl (C=O) groups excluding carboxylic acids is 2. The van der Waals surface area contributed by atoms with Crippen LogP contribution in [0, 0.1) is 20.8 Å². The molecule has 3 rings (SSSR count). The van der Waals surface area contributed by atoms with Crippen LogP contribution in [-0.2, 0) is 9.59 Å². The van der Waals surface area contributed by atoms with Crippen LogP contribution in [0.25, 0.3) is 0 Å². The molecule has 1 atom stereocenters. The monoisotopic (exact) mass is 397 g/mol. The molecule has 6 nitrogen and oxygen atoms in total. The second kappa shape index (κ2) is 8.39. The molecular weight excluding hydrogens is 374 g/mol. The number of nitrogens with zero attached hydrogens (tertiary/aromatic N) is 1. The number of para-hydroxylation sites is 2. The van der Waals surface area contributed by atoms with Gasteiger partial charge in [-0.2, -0.15) is 0 Å². The van der Waals surface area contributed by atoms with E-state index in [1.54, 1.807) is 4.90 Å². The molecule has 146 valence electrons. The molecule has 0 unspecified atom stereocenters. The van der Waals surface area contributed by atoms with Crippen molar-refractivity contribution in [1.82, 2.24) is 5.32 Å². The van der Waals surface area contributed by atoms with Crippen LogP contribution in [0.15, 0.2) is 54.4 Å². The van der Waals surface area contributed by atoms with Crippen LogP contribution >= 0.6 is 11.8 Å². The SMILES string of the molecule is Cc1ccccc1N1C(O)=CC(=O)N[C@H]1SCC(=O)Nc1c(C)cccc1C. The molecule has 1 heterocycles. The molecule has 2 aromatic rings. The van der Waals surface area contributed by atoms with Crippen LogP contribution in [0.4, 0.5) is 11.4 Å². The first kappa shape index (κ1) is 19.8. The second-order valence-electron chi connectivity index (χ2n) is 6.65. The lowest BCUT2D eigenvalue weighted by molar-refractivity contribution is -0.117. The third kappa shape index (κ3) is 4.31. The predicted octanol–water partition coefficient (Wildman–Crippen LogP) is 3.60. The first-order chi connectivity index (χ1) is 13.4. The van der Waals surface area contributed by atoms with E-state index in [0.29, 0.717) is 0 Å². The van der Waals surface area contributed by atoms with Gasteiger partial charge in [-0.15, -0.1) is 11.8 Å². The Morgan fingerprint density at radius 1 is 1.11 bits per heavy atom. The predicted molar refractivity (Wildman–Crippen MR) is 113 cm³/mol. The van der Waals surface area contributed by atoms with Gasteiger partial charge in [-0.05, 0) is 43.5 Å². The van der Waals surface area contributed by atoms with Crippen molar-refractivity contribution in [1.29, 1.82) is 0 Å². The maximum Gasteiger partial charge on any atom is 0.251 e. The highest BCUT2D eigenvalue weighted by molar-refractivity contribution is 8.00. The topological polar surface area (TPSA) is 81.7 Å². The van der Waals surface area contributed by atoms with Crippen molar-refractivity contribution < 1.29 is 14.7 Å². The van der Waals surface area contributed by atoms with Crippen molar-refractivity contribution in [2.45, 2.75) is 26.3 Å². The van der Waals surface area contributed by atoms with E-state index < -0.39 is 11.4 Å². The molecule has 28 heavy (non-hydrogen) atoms. The lowest BCUT2D eigenvalue weighted by Gasteiger charge is -2.35. The Labute approximate surface area is 168 Å². The molecule has 0 spiro atoms. The van der Waals surface area contributed by atoms with Crippen molar-refractivity contribution in [3.63, 3.8) is 0 Å². The van der Waals surface area contributed by atoms with Crippen LogP contribution in [0.3, 0.4) is 0 Å². The third-order valence-corrected chi connectivity index (χ3v) is 5.57. The average Bonchev–Trinajstić information content (AvgIpc) is 2.64. The zero-order valence-corrected chi connectivity index (χ0v) is 16.8. The Bertz CT molecular complexity index is 922. The van der Waals surface area contributed by atoms with E-state index in [4.69, 9.17) is 0 Å². The van der Waals surface area contributed by atoms with Crippen LogP contribution in [0.1, 0.15) is 16.7 Å². The molecule has 0 radical (unpaired) electrons. The van der Waals surface area contributed by atoms with Crippen molar-refractivity contribution in [3.05, 3.63) is 71.1 Å². The fourth-order valence-corrected chi connectivity index (χ4v) is 4.03. The molecule has 0 bridgehead atoms. The van der Waals surface area contributed by atoms with E-state index in [1.807, 2.05) is 63.2 Å². The summed E-state index contributed by atoms with van der Waals surface area (Å²) in [6.07, 6.45) is 1.14. The Morgan fingerprint density at radius 2 is 1.75 bits per heavy atom. The maximum atomic E-state index is 12.5. The van der Waals surface area contributed by atoms with Crippen molar-refractivity contribution in [3.8, 4) is 0 Å². The Kier molecular flexibility index (Phi) is 5.94. The second-order valence-corrected chi connectivity index (χ2v) is 7.71. The zero-order chi connectivity index (χ0) is 20.3. The summed E-state index contributed by atoms with van der Waals surface area (Å²) in [6, 6.07) is 13.4. The molecular formula is C21H23N3O3S. The van der Waals surface area contributed by atoms with Gasteiger partial charge in [0.1, 0.15) is 0 Å². The summed E-state index contributed by atoms with van der Waals surface area (Å²) in [7, 11) is 0. The van der Waals surface area contributed by atoms with E-state index in [1.165, 1.54) is 11.8 Å². The summed E-state index contributed by atoms with van der Waals surface area (Å²) in [5, 5.41) is 16.1. The van der Waals surface area contributed by atoms with E-state index >= 15 is 0 Å². The largest absolute Gasteiger partial charge is 0.494 e. The van der Waals surface area contributed by atoms with Gasteiger partial charge in [0.05, 0.1) is 11.8 Å². The van der Waals surface area contributed by atoms with Gasteiger partial charge in [-0.25, -0.2) is 0 Å². The summed E-state index contributed by atoms with van der Waals surface area (Å²) < 4.78 is 0. The van der Waals surface area contributed by atoms with Gasteiger partial charge in [0.25, 0.3) is 5.91 Å². The van der Waals surface area contributed by atoms with Gasteiger partial charge in [-0.3, -0.25) is 14.5 Å². The molecule has 0 fully saturated rings. The standard InChI is InChI=1S/C21H23N3O3S/c1-13-7-4-5-10-16(13)24-19(27)11-17(25)23-21(24)28-12-18(26)22-20-14(2)8-6-9-15(20)3/h4-11,21,27H,12H2,1-3H3,(H,22,26)(H,23,25)/t21-/m1/s1.